The number of carbonyl (C=O) groups is 3. The molecule has 0 atom stereocenters. The largest absolute Gasteiger partial charge is 0.481 e. The molecule has 0 heterocycles. The van der Waals surface area contributed by atoms with Gasteiger partial charge in [0.1, 0.15) is 0 Å². The van der Waals surface area contributed by atoms with Gasteiger partial charge in [-0.1, -0.05) is 6.07 Å². The molecule has 0 radical (unpaired) electrons. The molecular weight excluding hydrogens is 272 g/mol. The van der Waals surface area contributed by atoms with Gasteiger partial charge in [0.2, 0.25) is 5.91 Å². The Balaban J connectivity index is 2.34. The van der Waals surface area contributed by atoms with Crippen LogP contribution in [0.25, 0.3) is 0 Å². The van der Waals surface area contributed by atoms with Gasteiger partial charge in [0.25, 0.3) is 0 Å². The summed E-state index contributed by atoms with van der Waals surface area (Å²) in [6.45, 7) is 3.91. The van der Waals surface area contributed by atoms with Crippen LogP contribution in [0, 0.1) is 13.8 Å². The molecule has 0 unspecified atom stereocenters. The Morgan fingerprint density at radius 3 is 2.33 bits per heavy atom. The first-order chi connectivity index (χ1) is 9.88. The maximum absolute atomic E-state index is 11.6. The molecule has 0 aromatic heterocycles. The Morgan fingerprint density at radius 2 is 1.71 bits per heavy atom. The Hall–Kier alpha value is -2.37. The second-order valence-corrected chi connectivity index (χ2v) is 4.90. The number of rotatable bonds is 6. The van der Waals surface area contributed by atoms with Gasteiger partial charge in [0.05, 0.1) is 0 Å². The first-order valence-electron chi connectivity index (χ1n) is 6.78. The molecule has 21 heavy (non-hydrogen) atoms. The number of imide groups is 1. The standard InChI is InChI=1S/C15H20N2O4/c1-10-7-8-12(9-11(10)2)16-15(21)17-13(18)5-3-4-6-14(19)20/h7-9H,3-6H2,1-2H3,(H,19,20)(H2,16,17,18,21). The molecule has 6 nitrogen and oxygen atoms in total. The van der Waals surface area contributed by atoms with Crippen LogP contribution in [0.3, 0.4) is 0 Å². The highest BCUT2D eigenvalue weighted by Crippen LogP contribution is 2.13. The number of carboxylic acids is 1. The smallest absolute Gasteiger partial charge is 0.325 e. The van der Waals surface area contributed by atoms with Crippen molar-refractivity contribution in [2.24, 2.45) is 0 Å². The fourth-order valence-corrected chi connectivity index (χ4v) is 1.73. The minimum Gasteiger partial charge on any atom is -0.481 e. The molecule has 0 spiro atoms. The van der Waals surface area contributed by atoms with E-state index < -0.39 is 17.9 Å². The highest BCUT2D eigenvalue weighted by atomic mass is 16.4. The maximum Gasteiger partial charge on any atom is 0.325 e. The van der Waals surface area contributed by atoms with E-state index >= 15 is 0 Å². The molecule has 0 bridgehead atoms. The van der Waals surface area contributed by atoms with Crippen LogP contribution in [0.5, 0.6) is 0 Å². The zero-order chi connectivity index (χ0) is 15.8. The lowest BCUT2D eigenvalue weighted by Crippen LogP contribution is -2.34. The van der Waals surface area contributed by atoms with E-state index in [1.807, 2.05) is 26.0 Å². The van der Waals surface area contributed by atoms with Gasteiger partial charge in [0, 0.05) is 18.5 Å². The van der Waals surface area contributed by atoms with Crippen molar-refractivity contribution < 1.29 is 19.5 Å². The highest BCUT2D eigenvalue weighted by Gasteiger charge is 2.08. The predicted molar refractivity (Wildman–Crippen MR) is 79.2 cm³/mol. The second kappa shape index (κ2) is 8.04. The van der Waals surface area contributed by atoms with Crippen molar-refractivity contribution in [2.45, 2.75) is 39.5 Å². The van der Waals surface area contributed by atoms with Crippen molar-refractivity contribution in [2.75, 3.05) is 5.32 Å². The highest BCUT2D eigenvalue weighted by molar-refractivity contribution is 6.01. The van der Waals surface area contributed by atoms with Gasteiger partial charge in [-0.25, -0.2) is 4.79 Å². The zero-order valence-corrected chi connectivity index (χ0v) is 12.2. The SMILES string of the molecule is Cc1ccc(NC(=O)NC(=O)CCCCC(=O)O)cc1C. The fourth-order valence-electron chi connectivity index (χ4n) is 1.73. The van der Waals surface area contributed by atoms with Crippen molar-refractivity contribution in [3.63, 3.8) is 0 Å². The van der Waals surface area contributed by atoms with Gasteiger partial charge in [0.15, 0.2) is 0 Å². The number of hydrogen-bond donors (Lipinski definition) is 3. The number of aryl methyl sites for hydroxylation is 2. The summed E-state index contributed by atoms with van der Waals surface area (Å²) in [7, 11) is 0. The third-order valence-electron chi connectivity index (χ3n) is 3.06. The van der Waals surface area contributed by atoms with Gasteiger partial charge in [-0.3, -0.25) is 14.9 Å². The van der Waals surface area contributed by atoms with E-state index in [2.05, 4.69) is 10.6 Å². The number of hydrogen-bond acceptors (Lipinski definition) is 3. The molecule has 1 aromatic carbocycles. The van der Waals surface area contributed by atoms with Gasteiger partial charge in [-0.15, -0.1) is 0 Å². The molecule has 114 valence electrons. The first kappa shape index (κ1) is 16.7. The molecule has 0 saturated carbocycles. The number of carboxylic acid groups (broad SMARTS) is 1. The molecule has 3 N–H and O–H groups in total. The topological polar surface area (TPSA) is 95.5 Å². The molecule has 1 aromatic rings. The number of urea groups is 1. The van der Waals surface area contributed by atoms with Crippen LogP contribution >= 0.6 is 0 Å². The van der Waals surface area contributed by atoms with Crippen molar-refractivity contribution in [1.29, 1.82) is 0 Å². The monoisotopic (exact) mass is 292 g/mol. The second-order valence-electron chi connectivity index (χ2n) is 4.90. The van der Waals surface area contributed by atoms with E-state index in [9.17, 15) is 14.4 Å². The van der Waals surface area contributed by atoms with E-state index in [0.717, 1.165) is 11.1 Å². The van der Waals surface area contributed by atoms with Crippen LogP contribution in [-0.4, -0.2) is 23.0 Å². The van der Waals surface area contributed by atoms with E-state index in [1.54, 1.807) is 6.07 Å². The molecule has 0 fully saturated rings. The molecule has 1 rings (SSSR count). The number of benzene rings is 1. The third-order valence-corrected chi connectivity index (χ3v) is 3.06. The lowest BCUT2D eigenvalue weighted by atomic mass is 10.1. The Morgan fingerprint density at radius 1 is 1.05 bits per heavy atom. The summed E-state index contributed by atoms with van der Waals surface area (Å²) in [5.74, 6) is -1.30. The van der Waals surface area contributed by atoms with Crippen molar-refractivity contribution in [1.82, 2.24) is 5.32 Å². The van der Waals surface area contributed by atoms with E-state index in [-0.39, 0.29) is 12.8 Å². The summed E-state index contributed by atoms with van der Waals surface area (Å²) < 4.78 is 0. The Kier molecular flexibility index (Phi) is 6.39. The van der Waals surface area contributed by atoms with Gasteiger partial charge in [-0.05, 0) is 49.9 Å². The normalized spacial score (nSPS) is 10.0. The predicted octanol–water partition coefficient (Wildman–Crippen LogP) is 2.60. The van der Waals surface area contributed by atoms with E-state index in [1.165, 1.54) is 0 Å². The van der Waals surface area contributed by atoms with Crippen LogP contribution in [0.4, 0.5) is 10.5 Å². The van der Waals surface area contributed by atoms with Crippen molar-refractivity contribution in [3.8, 4) is 0 Å². The summed E-state index contributed by atoms with van der Waals surface area (Å²) in [5.41, 5.74) is 2.79. The summed E-state index contributed by atoms with van der Waals surface area (Å²) in [6.07, 6.45) is 1.02. The van der Waals surface area contributed by atoms with E-state index in [4.69, 9.17) is 5.11 Å². The van der Waals surface area contributed by atoms with Crippen LogP contribution in [0.1, 0.15) is 36.8 Å². The summed E-state index contributed by atoms with van der Waals surface area (Å²) in [4.78, 5) is 33.4. The minimum atomic E-state index is -0.886. The number of amides is 3. The molecular formula is C15H20N2O4. The molecule has 0 aliphatic carbocycles. The summed E-state index contributed by atoms with van der Waals surface area (Å²) in [6, 6.07) is 4.89. The molecule has 6 heteroatoms. The molecule has 0 saturated heterocycles. The number of aliphatic carboxylic acids is 1. The number of anilines is 1. The van der Waals surface area contributed by atoms with Gasteiger partial charge >= 0.3 is 12.0 Å². The third kappa shape index (κ3) is 6.56. The average molecular weight is 292 g/mol. The van der Waals surface area contributed by atoms with Crippen molar-refractivity contribution in [3.05, 3.63) is 29.3 Å². The molecule has 3 amide bonds. The van der Waals surface area contributed by atoms with Crippen LogP contribution < -0.4 is 10.6 Å². The zero-order valence-electron chi connectivity index (χ0n) is 12.2. The number of nitrogens with one attached hydrogen (secondary N) is 2. The number of carbonyl (C=O) groups excluding carboxylic acids is 2. The van der Waals surface area contributed by atoms with Crippen LogP contribution in [-0.2, 0) is 9.59 Å². The van der Waals surface area contributed by atoms with Gasteiger partial charge < -0.3 is 10.4 Å². The van der Waals surface area contributed by atoms with Crippen molar-refractivity contribution >= 4 is 23.6 Å². The number of unbranched alkanes of at least 4 members (excludes halogenated alkanes) is 1. The fraction of sp³-hybridized carbons (Fsp3) is 0.400. The quantitative estimate of drug-likeness (QED) is 0.702. The Bertz CT molecular complexity index is 540. The molecule has 0 aliphatic heterocycles. The maximum atomic E-state index is 11.6. The van der Waals surface area contributed by atoms with Crippen LogP contribution in [0.2, 0.25) is 0 Å². The average Bonchev–Trinajstić information content (AvgIpc) is 2.38. The summed E-state index contributed by atoms with van der Waals surface area (Å²) in [5, 5.41) is 13.3. The summed E-state index contributed by atoms with van der Waals surface area (Å²) >= 11 is 0. The lowest BCUT2D eigenvalue weighted by molar-refractivity contribution is -0.137. The van der Waals surface area contributed by atoms with Gasteiger partial charge in [-0.2, -0.15) is 0 Å². The van der Waals surface area contributed by atoms with Crippen LogP contribution in [0.15, 0.2) is 18.2 Å². The lowest BCUT2D eigenvalue weighted by Gasteiger charge is -2.08. The van der Waals surface area contributed by atoms with E-state index in [0.29, 0.717) is 18.5 Å². The first-order valence-corrected chi connectivity index (χ1v) is 6.78. The minimum absolute atomic E-state index is 0.0299. The Labute approximate surface area is 123 Å². The molecule has 0 aliphatic rings.